The zero-order valence-electron chi connectivity index (χ0n) is 9.96. The first kappa shape index (κ1) is 13.0. The summed E-state index contributed by atoms with van der Waals surface area (Å²) in [5.41, 5.74) is 1.94. The molecule has 0 aliphatic rings. The van der Waals surface area contributed by atoms with Gasteiger partial charge in [0.25, 0.3) is 0 Å². The van der Waals surface area contributed by atoms with Gasteiger partial charge in [-0.25, -0.2) is 4.39 Å². The van der Waals surface area contributed by atoms with Crippen LogP contribution in [-0.4, -0.2) is 18.1 Å². The molecule has 3 nitrogen and oxygen atoms in total. The SMILES string of the molecule is COC(=O)Cc1cc2c(F)cc(Br)cc2nc1C. The lowest BCUT2D eigenvalue weighted by atomic mass is 10.1. The number of fused-ring (bicyclic) bond motifs is 1. The van der Waals surface area contributed by atoms with E-state index in [0.29, 0.717) is 26.6 Å². The number of methoxy groups -OCH3 is 1. The van der Waals surface area contributed by atoms with Crippen LogP contribution in [0.2, 0.25) is 0 Å². The first-order valence-electron chi connectivity index (χ1n) is 5.33. The molecule has 0 atom stereocenters. The molecule has 1 aromatic carbocycles. The van der Waals surface area contributed by atoms with Gasteiger partial charge in [0.05, 0.1) is 19.0 Å². The number of ether oxygens (including phenoxy) is 1. The second-order valence-electron chi connectivity index (χ2n) is 3.94. The number of halogens is 2. The molecule has 1 heterocycles. The molecule has 0 amide bonds. The number of nitrogens with zero attached hydrogens (tertiary/aromatic N) is 1. The van der Waals surface area contributed by atoms with Crippen molar-refractivity contribution < 1.29 is 13.9 Å². The van der Waals surface area contributed by atoms with Gasteiger partial charge in [-0.2, -0.15) is 0 Å². The van der Waals surface area contributed by atoms with Crippen LogP contribution in [0.15, 0.2) is 22.7 Å². The normalized spacial score (nSPS) is 10.7. The molecule has 0 spiro atoms. The van der Waals surface area contributed by atoms with Gasteiger partial charge in [-0.05, 0) is 30.7 Å². The minimum absolute atomic E-state index is 0.0980. The fourth-order valence-corrected chi connectivity index (χ4v) is 2.16. The third-order valence-corrected chi connectivity index (χ3v) is 3.16. The molecule has 0 aliphatic heterocycles. The molecule has 0 saturated carbocycles. The van der Waals surface area contributed by atoms with Gasteiger partial charge in [0.2, 0.25) is 0 Å². The van der Waals surface area contributed by atoms with Crippen LogP contribution < -0.4 is 0 Å². The predicted octanol–water partition coefficient (Wildman–Crippen LogP) is 3.16. The number of carbonyl (C=O) groups excluding carboxylic acids is 1. The third-order valence-electron chi connectivity index (χ3n) is 2.71. The Morgan fingerprint density at radius 1 is 1.44 bits per heavy atom. The topological polar surface area (TPSA) is 39.2 Å². The number of pyridine rings is 1. The molecule has 94 valence electrons. The molecule has 0 saturated heterocycles. The summed E-state index contributed by atoms with van der Waals surface area (Å²) < 4.78 is 19.0. The summed E-state index contributed by atoms with van der Waals surface area (Å²) in [7, 11) is 1.32. The zero-order valence-corrected chi connectivity index (χ0v) is 11.5. The molecule has 5 heteroatoms. The summed E-state index contributed by atoms with van der Waals surface area (Å²) in [5, 5.41) is 0.405. The van der Waals surface area contributed by atoms with Crippen molar-refractivity contribution in [2.75, 3.05) is 7.11 Å². The lowest BCUT2D eigenvalue weighted by Crippen LogP contribution is -2.07. The first-order valence-corrected chi connectivity index (χ1v) is 6.12. The molecule has 0 N–H and O–H groups in total. The summed E-state index contributed by atoms with van der Waals surface area (Å²) in [4.78, 5) is 15.6. The fraction of sp³-hybridized carbons (Fsp3) is 0.231. The Bertz CT molecular complexity index is 628. The molecule has 2 aromatic rings. The first-order chi connectivity index (χ1) is 8.51. The van der Waals surface area contributed by atoms with E-state index in [-0.39, 0.29) is 18.2 Å². The lowest BCUT2D eigenvalue weighted by Gasteiger charge is -2.07. The van der Waals surface area contributed by atoms with E-state index < -0.39 is 0 Å². The maximum Gasteiger partial charge on any atom is 0.310 e. The minimum Gasteiger partial charge on any atom is -0.469 e. The Morgan fingerprint density at radius 2 is 2.17 bits per heavy atom. The van der Waals surface area contributed by atoms with Gasteiger partial charge in [0, 0.05) is 15.6 Å². The maximum atomic E-state index is 13.8. The van der Waals surface area contributed by atoms with Crippen LogP contribution in [-0.2, 0) is 16.0 Å². The number of aromatic nitrogens is 1. The number of hydrogen-bond acceptors (Lipinski definition) is 3. The van der Waals surface area contributed by atoms with E-state index in [2.05, 4.69) is 25.7 Å². The van der Waals surface area contributed by atoms with Crippen molar-refractivity contribution in [1.82, 2.24) is 4.98 Å². The van der Waals surface area contributed by atoms with E-state index in [1.54, 1.807) is 19.1 Å². The molecule has 0 unspecified atom stereocenters. The Morgan fingerprint density at radius 3 is 2.83 bits per heavy atom. The van der Waals surface area contributed by atoms with E-state index in [4.69, 9.17) is 0 Å². The molecule has 0 fully saturated rings. The highest BCUT2D eigenvalue weighted by Crippen LogP contribution is 2.24. The lowest BCUT2D eigenvalue weighted by molar-refractivity contribution is -0.139. The third kappa shape index (κ3) is 2.51. The van der Waals surface area contributed by atoms with Crippen molar-refractivity contribution >= 4 is 32.8 Å². The second kappa shape index (κ2) is 5.02. The van der Waals surface area contributed by atoms with Crippen LogP contribution in [0.5, 0.6) is 0 Å². The number of benzene rings is 1. The number of hydrogen-bond donors (Lipinski definition) is 0. The predicted molar refractivity (Wildman–Crippen MR) is 69.9 cm³/mol. The van der Waals surface area contributed by atoms with E-state index in [1.165, 1.54) is 13.2 Å². The average molecular weight is 312 g/mol. The van der Waals surface area contributed by atoms with E-state index in [0.717, 1.165) is 0 Å². The summed E-state index contributed by atoms with van der Waals surface area (Å²) in [6, 6.07) is 4.77. The van der Waals surface area contributed by atoms with Crippen LogP contribution >= 0.6 is 15.9 Å². The fourth-order valence-electron chi connectivity index (χ4n) is 1.74. The van der Waals surface area contributed by atoms with Gasteiger partial charge in [-0.1, -0.05) is 15.9 Å². The smallest absolute Gasteiger partial charge is 0.310 e. The molecule has 0 bridgehead atoms. The molecule has 2 rings (SSSR count). The molecule has 1 aromatic heterocycles. The minimum atomic E-state index is -0.364. The molecular weight excluding hydrogens is 301 g/mol. The van der Waals surface area contributed by atoms with Crippen molar-refractivity contribution in [3.05, 3.63) is 39.7 Å². The van der Waals surface area contributed by atoms with Gasteiger partial charge in [-0.3, -0.25) is 9.78 Å². The zero-order chi connectivity index (χ0) is 13.3. The highest BCUT2D eigenvalue weighted by molar-refractivity contribution is 9.10. The van der Waals surface area contributed by atoms with Crippen LogP contribution in [0.1, 0.15) is 11.3 Å². The van der Waals surface area contributed by atoms with E-state index in [1.807, 2.05) is 0 Å². The molecule has 0 aliphatic carbocycles. The van der Waals surface area contributed by atoms with Crippen molar-refractivity contribution in [2.24, 2.45) is 0 Å². The van der Waals surface area contributed by atoms with E-state index in [9.17, 15) is 9.18 Å². The number of rotatable bonds is 2. The largest absolute Gasteiger partial charge is 0.469 e. The summed E-state index contributed by atoms with van der Waals surface area (Å²) in [5.74, 6) is -0.727. The monoisotopic (exact) mass is 311 g/mol. The van der Waals surface area contributed by atoms with Crippen LogP contribution in [0, 0.1) is 12.7 Å². The average Bonchev–Trinajstić information content (AvgIpc) is 2.30. The highest BCUT2D eigenvalue weighted by Gasteiger charge is 2.11. The van der Waals surface area contributed by atoms with Gasteiger partial charge >= 0.3 is 5.97 Å². The van der Waals surface area contributed by atoms with Gasteiger partial charge in [0.1, 0.15) is 5.82 Å². The second-order valence-corrected chi connectivity index (χ2v) is 4.86. The molecule has 0 radical (unpaired) electrons. The summed E-state index contributed by atoms with van der Waals surface area (Å²) >= 11 is 3.22. The summed E-state index contributed by atoms with van der Waals surface area (Å²) in [6.07, 6.45) is 0.0980. The number of aryl methyl sites for hydroxylation is 1. The Labute approximate surface area is 112 Å². The standard InChI is InChI=1S/C13H11BrFNO2/c1-7-8(4-13(17)18-2)3-10-11(15)5-9(14)6-12(10)16-7/h3,5-6H,4H2,1-2H3. The Kier molecular flexibility index (Phi) is 3.61. The van der Waals surface area contributed by atoms with Crippen molar-refractivity contribution in [3.8, 4) is 0 Å². The Balaban J connectivity index is 2.57. The van der Waals surface area contributed by atoms with Crippen LogP contribution in [0.25, 0.3) is 10.9 Å². The summed E-state index contributed by atoms with van der Waals surface area (Å²) in [6.45, 7) is 1.79. The quantitative estimate of drug-likeness (QED) is 0.800. The van der Waals surface area contributed by atoms with Crippen molar-refractivity contribution in [3.63, 3.8) is 0 Å². The van der Waals surface area contributed by atoms with Crippen LogP contribution in [0.3, 0.4) is 0 Å². The number of esters is 1. The number of carbonyl (C=O) groups is 1. The highest BCUT2D eigenvalue weighted by atomic mass is 79.9. The maximum absolute atomic E-state index is 13.8. The van der Waals surface area contributed by atoms with Crippen molar-refractivity contribution in [2.45, 2.75) is 13.3 Å². The van der Waals surface area contributed by atoms with E-state index >= 15 is 0 Å². The Hall–Kier alpha value is -1.49. The molecule has 18 heavy (non-hydrogen) atoms. The molecular formula is C13H11BrFNO2. The van der Waals surface area contributed by atoms with Crippen molar-refractivity contribution in [1.29, 1.82) is 0 Å². The van der Waals surface area contributed by atoms with Gasteiger partial charge in [0.15, 0.2) is 0 Å². The van der Waals surface area contributed by atoms with Gasteiger partial charge < -0.3 is 4.74 Å². The van der Waals surface area contributed by atoms with Gasteiger partial charge in [-0.15, -0.1) is 0 Å². The van der Waals surface area contributed by atoms with Crippen LogP contribution in [0.4, 0.5) is 4.39 Å².